The number of esters is 1. The first-order valence-corrected chi connectivity index (χ1v) is 39.4. The van der Waals surface area contributed by atoms with Crippen LogP contribution in [-0.4, -0.2) is 82.0 Å². The number of rotatable bonds is 11. The van der Waals surface area contributed by atoms with E-state index in [0.29, 0.717) is 46.2 Å². The predicted molar refractivity (Wildman–Crippen MR) is 419 cm³/mol. The average Bonchev–Trinajstić information content (AvgIpc) is 1.79. The quantitative estimate of drug-likeness (QED) is 0.00662. The summed E-state index contributed by atoms with van der Waals surface area (Å²) in [5.41, 5.74) is 22.1. The van der Waals surface area contributed by atoms with Crippen molar-refractivity contribution in [2.24, 2.45) is 27.4 Å². The number of anilines is 2. The Labute approximate surface area is 630 Å². The van der Waals surface area contributed by atoms with E-state index in [1.54, 1.807) is 25.2 Å². The summed E-state index contributed by atoms with van der Waals surface area (Å²) in [6.45, 7) is 2.05. The van der Waals surface area contributed by atoms with Gasteiger partial charge in [0.25, 0.3) is 14.4 Å². The molecule has 503 valence electrons. The van der Waals surface area contributed by atoms with E-state index in [4.69, 9.17) is 28.0 Å². The Morgan fingerprint density at radius 1 is 0.711 bits per heavy atom. The molecule has 12 rings (SSSR count). The maximum atomic E-state index is 11.3. The van der Waals surface area contributed by atoms with Gasteiger partial charge in [0.15, 0.2) is 17.5 Å². The number of hydrogen-bond acceptors (Lipinski definition) is 18. The number of thiol groups is 1. The normalized spacial score (nSPS) is 11.3. The van der Waals surface area contributed by atoms with Crippen LogP contribution in [0.4, 0.5) is 11.6 Å². The number of carbonyl (C=O) groups is 1. The van der Waals surface area contributed by atoms with Gasteiger partial charge >= 0.3 is 30.7 Å². The van der Waals surface area contributed by atoms with Crippen molar-refractivity contribution in [1.29, 1.82) is 10.8 Å². The van der Waals surface area contributed by atoms with E-state index in [0.717, 1.165) is 71.5 Å². The number of nitrogen functional groups attached to an aromatic ring is 1. The van der Waals surface area contributed by atoms with E-state index in [1.807, 2.05) is 152 Å². The van der Waals surface area contributed by atoms with Crippen LogP contribution in [0.3, 0.4) is 0 Å². The van der Waals surface area contributed by atoms with Crippen molar-refractivity contribution in [3.63, 3.8) is 0 Å². The summed E-state index contributed by atoms with van der Waals surface area (Å²) in [5, 5.41) is 24.5. The second-order valence-electron chi connectivity index (χ2n) is 19.0. The Balaban J connectivity index is 0.000000296. The molecule has 0 unspecified atom stereocenters. The molecule has 5 aromatic carbocycles. The van der Waals surface area contributed by atoms with Crippen molar-refractivity contribution in [2.75, 3.05) is 11.9 Å². The molecular weight excluding hydrogens is 1760 g/mol. The van der Waals surface area contributed by atoms with Crippen LogP contribution in [0.15, 0.2) is 232 Å². The number of aromatic nitrogens is 10. The molecule has 2 saturated carbocycles. The van der Waals surface area contributed by atoms with Gasteiger partial charge in [-0.2, -0.15) is 5.10 Å². The number of nitrogens with two attached hydrogens (primary N) is 3. The molecule has 12 N–H and O–H groups in total. The van der Waals surface area contributed by atoms with Crippen molar-refractivity contribution in [2.45, 2.75) is 38.5 Å². The molecule has 0 amide bonds. The van der Waals surface area contributed by atoms with Gasteiger partial charge in [0.1, 0.15) is 38.2 Å². The summed E-state index contributed by atoms with van der Waals surface area (Å²) in [6.07, 6.45) is 17.5. The van der Waals surface area contributed by atoms with E-state index in [9.17, 15) is 18.9 Å². The van der Waals surface area contributed by atoms with Gasteiger partial charge in [0, 0.05) is 134 Å². The Kier molecular flexibility index (Phi) is 39.8. The number of carbonyl (C=O) groups excluding carboxylic acids is 1. The molecule has 2 aliphatic rings. The first kappa shape index (κ1) is 83.9. The van der Waals surface area contributed by atoms with E-state index in [1.165, 1.54) is 43.1 Å². The molecule has 5 heterocycles. The van der Waals surface area contributed by atoms with Crippen molar-refractivity contribution in [3.05, 3.63) is 250 Å². The summed E-state index contributed by atoms with van der Waals surface area (Å²) < 4.78 is 17.7. The number of amidine groups is 2. The average molecular weight is 1820 g/mol. The molecule has 0 bridgehead atoms. The zero-order chi connectivity index (χ0) is 70.4. The zero-order valence-corrected chi connectivity index (χ0v) is 64.8. The molecular formula is C64H62BBr7ClN17O5PS. The van der Waals surface area contributed by atoms with Crippen LogP contribution in [0.5, 0.6) is 0 Å². The SMILES string of the molecule is Brc1cnc(-c2ccccc2)nc1Br.Brc1cnc(-c2ccccc2)nc1Nc1cc(C2CC2)[nH]n1.C#CC(=O)OCC.Cl.N=C(N)/C=C(\N)C1CC1.N=C(N)c1ccccc1.O=P(Br)(Br)Br.O=c1[nH]c(-c2ccccc2)ncc1Br.O=c1ccnc(-c2ccccc2)[nH]1.[B]=NS. The predicted octanol–water partition coefficient (Wildman–Crippen LogP) is 16.8. The molecule has 33 heteroatoms. The van der Waals surface area contributed by atoms with Gasteiger partial charge < -0.3 is 37.2 Å². The van der Waals surface area contributed by atoms with Gasteiger partial charge in [-0.25, -0.2) is 34.7 Å². The van der Waals surface area contributed by atoms with E-state index >= 15 is 0 Å². The van der Waals surface area contributed by atoms with Crippen LogP contribution in [0, 0.1) is 29.1 Å². The molecule has 0 atom stereocenters. The summed E-state index contributed by atoms with van der Waals surface area (Å²) >= 11 is 24.7. The number of benzene rings is 5. The number of ether oxygens (including phenoxy) is 1. The second-order valence-corrected chi connectivity index (χ2v) is 40.9. The second kappa shape index (κ2) is 46.0. The Bertz CT molecular complexity index is 4310. The van der Waals surface area contributed by atoms with Crippen molar-refractivity contribution < 1.29 is 14.1 Å². The number of aromatic amines is 3. The molecule has 2 fully saturated rings. The summed E-state index contributed by atoms with van der Waals surface area (Å²) in [5.74, 6) is 6.64. The van der Waals surface area contributed by atoms with E-state index in [2.05, 4.69) is 208 Å². The molecule has 10 aromatic rings. The molecule has 5 aromatic heterocycles. The number of H-pyrrole nitrogens is 3. The summed E-state index contributed by atoms with van der Waals surface area (Å²) in [7, 11) is 4.34. The van der Waals surface area contributed by atoms with Crippen LogP contribution in [0.25, 0.3) is 45.6 Å². The number of allylic oxidation sites excluding steroid dienone is 1. The van der Waals surface area contributed by atoms with Crippen LogP contribution >= 0.6 is 139 Å². The topological polar surface area (TPSA) is 365 Å². The van der Waals surface area contributed by atoms with Crippen LogP contribution in [-0.2, 0) is 14.1 Å². The van der Waals surface area contributed by atoms with Crippen LogP contribution in [0.1, 0.15) is 49.8 Å². The number of nitrogens with zero attached hydrogens (tertiary/aromatic N) is 8. The summed E-state index contributed by atoms with van der Waals surface area (Å²) in [6, 6.07) is 51.5. The third kappa shape index (κ3) is 35.1. The third-order valence-electron chi connectivity index (χ3n) is 11.7. The Morgan fingerprint density at radius 3 is 1.57 bits per heavy atom. The van der Waals surface area contributed by atoms with Gasteiger partial charge in [-0.1, -0.05) is 152 Å². The Morgan fingerprint density at radius 2 is 1.16 bits per heavy atom. The number of halogens is 8. The molecule has 22 nitrogen and oxygen atoms in total. The fraction of sp³-hybridized carbons (Fsp3) is 0.125. The first-order valence-electron chi connectivity index (χ1n) is 28.0. The van der Waals surface area contributed by atoms with Gasteiger partial charge in [0.2, 0.25) is 0 Å². The van der Waals surface area contributed by atoms with Crippen LogP contribution < -0.4 is 33.6 Å². The maximum absolute atomic E-state index is 11.3. The van der Waals surface area contributed by atoms with Gasteiger partial charge in [0.05, 0.1) is 15.6 Å². The molecule has 2 aliphatic carbocycles. The molecule has 1 radical (unpaired) electrons. The standard InChI is InChI=1S/C16H14BrN5.C10H6Br2N2.C10H7BrN2O.C10H8N2O.C7H8N2.C6H11N3.C5H6O2.BHNS.Br3OP.ClH/c17-12-9-18-15(11-4-2-1-3-5-11)20-16(12)19-14-8-13(21-22-14)10-6-7-10;11-8-6-13-10(14-9(8)12)7-4-2-1-3-5-7;11-8-6-12-9(13-10(8)14)7-4-2-1-3-5-7;13-9-6-7-11-10(12-9)8-4-2-1-3-5-8;8-7(9)6-4-2-1-3-5-6;7-5(3-6(8)9)4-1-2-4;1-3-5(6)7-4-2;1-2-3;1-5(2,3)4;/h1-5,8-10H,6-7H2,(H2,18,19,20,21,22);1-6H;1-6H,(H,12,13,14);1-7H,(H,11,12,13);1-5H,(H3,8,9);3-4H,1-2,7H2,(H3,8,9);1H,4H2,2H3;3H;;1H/b;;;;;5-3-;;;;. The molecule has 0 spiro atoms. The van der Waals surface area contributed by atoms with Crippen molar-refractivity contribution >= 4 is 176 Å². The number of nitrogens with one attached hydrogen (secondary N) is 6. The molecule has 97 heavy (non-hydrogen) atoms. The van der Waals surface area contributed by atoms with E-state index in [-0.39, 0.29) is 35.2 Å². The van der Waals surface area contributed by atoms with Gasteiger partial charge in [-0.15, -0.1) is 18.8 Å². The summed E-state index contributed by atoms with van der Waals surface area (Å²) in [4.78, 5) is 63.2. The van der Waals surface area contributed by atoms with Gasteiger partial charge in [-0.05, 0) is 108 Å². The van der Waals surface area contributed by atoms with Crippen molar-refractivity contribution in [1.82, 2.24) is 50.1 Å². The molecule has 0 aliphatic heterocycles. The van der Waals surface area contributed by atoms with Crippen molar-refractivity contribution in [3.8, 4) is 57.9 Å². The van der Waals surface area contributed by atoms with E-state index < -0.39 is 9.22 Å². The fourth-order valence-electron chi connectivity index (χ4n) is 7.12. The van der Waals surface area contributed by atoms with Crippen LogP contribution in [0.2, 0.25) is 0 Å². The van der Waals surface area contributed by atoms with Gasteiger partial charge in [-0.3, -0.25) is 30.1 Å². The molecule has 0 saturated heterocycles. The minimum atomic E-state index is -2.20. The number of hydrogen-bond donors (Lipinski definition) is 10. The first-order chi connectivity index (χ1) is 45.9. The fourth-order valence-corrected chi connectivity index (χ4v) is 8.07. The third-order valence-corrected chi connectivity index (χ3v) is 14.6. The monoisotopic (exact) mass is 1810 g/mol. The zero-order valence-electron chi connectivity index (χ0n) is 51.1. The minimum absolute atomic E-state index is 0. The Hall–Kier alpha value is -7.37. The number of terminal acetylenes is 1.